The fraction of sp³-hybridized carbons (Fsp3) is 0.375. The van der Waals surface area contributed by atoms with E-state index in [9.17, 15) is 13.2 Å². The van der Waals surface area contributed by atoms with Gasteiger partial charge >= 0.3 is 0 Å². The smallest absolute Gasteiger partial charge is 0.257 e. The lowest BCUT2D eigenvalue weighted by molar-refractivity contribution is 0.0741. The molecule has 1 saturated heterocycles. The molecule has 24 heavy (non-hydrogen) atoms. The third-order valence-corrected chi connectivity index (χ3v) is 5.40. The molecule has 1 aromatic carbocycles. The van der Waals surface area contributed by atoms with Crippen molar-refractivity contribution in [2.75, 3.05) is 19.3 Å². The number of carbonyl (C=O) groups excluding carboxylic acids is 1. The van der Waals surface area contributed by atoms with E-state index >= 15 is 0 Å². The van der Waals surface area contributed by atoms with Crippen LogP contribution in [0.1, 0.15) is 23.2 Å². The number of nitrogens with zero attached hydrogens (tertiary/aromatic N) is 3. The number of para-hydroxylation sites is 1. The number of hydrogen-bond acceptors (Lipinski definition) is 5. The van der Waals surface area contributed by atoms with E-state index in [0.29, 0.717) is 24.3 Å². The van der Waals surface area contributed by atoms with Crippen molar-refractivity contribution in [3.63, 3.8) is 0 Å². The van der Waals surface area contributed by atoms with Crippen molar-refractivity contribution in [3.05, 3.63) is 42.2 Å². The Labute approximate surface area is 141 Å². The molecule has 128 valence electrons. The molecule has 3 rings (SSSR count). The molecule has 0 saturated carbocycles. The van der Waals surface area contributed by atoms with Crippen LogP contribution in [-0.2, 0) is 9.84 Å². The molecule has 0 radical (unpaired) electrons. The maximum absolute atomic E-state index is 12.6. The number of likely N-dealkylation sites (tertiary alicyclic amines) is 1. The Balaban J connectivity index is 1.94. The molecule has 7 nitrogen and oxygen atoms in total. The third kappa shape index (κ3) is 3.07. The van der Waals surface area contributed by atoms with Crippen LogP contribution in [0, 0.1) is 0 Å². The van der Waals surface area contributed by atoms with Gasteiger partial charge in [0.15, 0.2) is 9.84 Å². The van der Waals surface area contributed by atoms with Gasteiger partial charge in [-0.1, -0.05) is 12.1 Å². The average Bonchev–Trinajstić information content (AvgIpc) is 3.22. The quantitative estimate of drug-likeness (QED) is 0.883. The Morgan fingerprint density at radius 1 is 1.38 bits per heavy atom. The average molecular weight is 348 g/mol. The van der Waals surface area contributed by atoms with Crippen molar-refractivity contribution in [1.29, 1.82) is 0 Å². The van der Waals surface area contributed by atoms with Crippen molar-refractivity contribution in [1.82, 2.24) is 14.7 Å². The van der Waals surface area contributed by atoms with Crippen LogP contribution in [0.15, 0.2) is 41.6 Å². The maximum atomic E-state index is 12.6. The zero-order valence-corrected chi connectivity index (χ0v) is 14.2. The molecule has 0 bridgehead atoms. The number of sulfone groups is 1. The van der Waals surface area contributed by atoms with Crippen LogP contribution in [0.2, 0.25) is 0 Å². The Morgan fingerprint density at radius 2 is 2.12 bits per heavy atom. The molecular weight excluding hydrogens is 328 g/mol. The summed E-state index contributed by atoms with van der Waals surface area (Å²) in [5.74, 6) is -0.119. The Kier molecular flexibility index (Phi) is 4.42. The number of aromatic nitrogens is 2. The first-order chi connectivity index (χ1) is 11.4. The summed E-state index contributed by atoms with van der Waals surface area (Å²) in [5.41, 5.74) is 6.58. The van der Waals surface area contributed by atoms with Crippen molar-refractivity contribution < 1.29 is 13.2 Å². The van der Waals surface area contributed by atoms with Gasteiger partial charge in [0.25, 0.3) is 5.91 Å². The third-order valence-electron chi connectivity index (χ3n) is 4.25. The fourth-order valence-electron chi connectivity index (χ4n) is 3.04. The van der Waals surface area contributed by atoms with Gasteiger partial charge in [-0.2, -0.15) is 5.10 Å². The molecule has 1 atom stereocenters. The lowest BCUT2D eigenvalue weighted by Gasteiger charge is -2.22. The summed E-state index contributed by atoms with van der Waals surface area (Å²) < 4.78 is 25.3. The lowest BCUT2D eigenvalue weighted by Crippen LogP contribution is -2.39. The second kappa shape index (κ2) is 6.37. The maximum Gasteiger partial charge on any atom is 0.257 e. The Hall–Kier alpha value is -2.19. The Bertz CT molecular complexity index is 860. The second-order valence-electron chi connectivity index (χ2n) is 5.94. The first kappa shape index (κ1) is 16.7. The molecule has 0 spiro atoms. The van der Waals surface area contributed by atoms with Gasteiger partial charge in [0.1, 0.15) is 0 Å². The molecule has 1 amide bonds. The minimum atomic E-state index is -3.39. The van der Waals surface area contributed by atoms with Crippen LogP contribution >= 0.6 is 0 Å². The number of benzene rings is 1. The molecule has 2 heterocycles. The predicted octanol–water partition coefficient (Wildman–Crippen LogP) is 0.839. The lowest BCUT2D eigenvalue weighted by atomic mass is 10.2. The second-order valence-corrected chi connectivity index (χ2v) is 7.93. The summed E-state index contributed by atoms with van der Waals surface area (Å²) in [6.45, 7) is 1.13. The molecule has 1 aliphatic rings. The largest absolute Gasteiger partial charge is 0.334 e. The molecule has 1 aromatic heterocycles. The minimum Gasteiger partial charge on any atom is -0.334 e. The summed E-state index contributed by atoms with van der Waals surface area (Å²) >= 11 is 0. The van der Waals surface area contributed by atoms with Crippen molar-refractivity contribution in [2.45, 2.75) is 23.8 Å². The monoisotopic (exact) mass is 348 g/mol. The number of rotatable bonds is 4. The molecule has 2 aromatic rings. The van der Waals surface area contributed by atoms with Gasteiger partial charge in [-0.3, -0.25) is 4.79 Å². The summed E-state index contributed by atoms with van der Waals surface area (Å²) in [5, 5.41) is 4.18. The van der Waals surface area contributed by atoms with Crippen LogP contribution in [0.3, 0.4) is 0 Å². The van der Waals surface area contributed by atoms with Crippen LogP contribution in [-0.4, -0.2) is 54.4 Å². The molecular formula is C16H20N4O3S. The number of carbonyl (C=O) groups is 1. The van der Waals surface area contributed by atoms with Crippen LogP contribution in [0.4, 0.5) is 0 Å². The molecule has 1 aliphatic heterocycles. The number of nitrogens with two attached hydrogens (primary N) is 1. The van der Waals surface area contributed by atoms with Crippen molar-refractivity contribution in [2.24, 2.45) is 5.73 Å². The molecule has 8 heteroatoms. The standard InChI is InChI=1S/C16H20N4O3S/c1-24(22,23)15-7-3-2-6-14(15)20-11-12(10-18-20)16(21)19-8-4-5-13(19)9-17/h2-3,6-7,10-11,13H,4-5,8-9,17H2,1H3/t13-/m1/s1. The minimum absolute atomic E-state index is 0.0594. The van der Waals surface area contributed by atoms with E-state index in [4.69, 9.17) is 5.73 Å². The van der Waals surface area contributed by atoms with E-state index in [-0.39, 0.29) is 16.8 Å². The van der Waals surface area contributed by atoms with E-state index in [1.54, 1.807) is 29.3 Å². The van der Waals surface area contributed by atoms with Crippen molar-refractivity contribution >= 4 is 15.7 Å². The van der Waals surface area contributed by atoms with Gasteiger partial charge in [0, 0.05) is 31.6 Å². The SMILES string of the molecule is CS(=O)(=O)c1ccccc1-n1cc(C(=O)N2CCC[C@@H]2CN)cn1. The van der Waals surface area contributed by atoms with Gasteiger partial charge in [-0.05, 0) is 25.0 Å². The highest BCUT2D eigenvalue weighted by atomic mass is 32.2. The van der Waals surface area contributed by atoms with Crippen LogP contribution in [0.5, 0.6) is 0 Å². The summed E-state index contributed by atoms with van der Waals surface area (Å²) in [6.07, 6.45) is 6.04. The Morgan fingerprint density at radius 3 is 2.83 bits per heavy atom. The zero-order valence-electron chi connectivity index (χ0n) is 13.4. The van der Waals surface area contributed by atoms with Crippen LogP contribution < -0.4 is 5.73 Å². The topological polar surface area (TPSA) is 98.3 Å². The van der Waals surface area contributed by atoms with Crippen molar-refractivity contribution in [3.8, 4) is 5.69 Å². The normalized spacial score (nSPS) is 18.1. The molecule has 1 fully saturated rings. The molecule has 2 N–H and O–H groups in total. The van der Waals surface area contributed by atoms with E-state index in [2.05, 4.69) is 5.10 Å². The zero-order chi connectivity index (χ0) is 17.3. The van der Waals surface area contributed by atoms with E-state index in [0.717, 1.165) is 19.1 Å². The van der Waals surface area contributed by atoms with Gasteiger partial charge in [-0.15, -0.1) is 0 Å². The fourth-order valence-corrected chi connectivity index (χ4v) is 3.91. The number of hydrogen-bond donors (Lipinski definition) is 1. The molecule has 0 aliphatic carbocycles. The summed E-state index contributed by atoms with van der Waals surface area (Å²) in [4.78, 5) is 14.6. The first-order valence-corrected chi connectivity index (χ1v) is 9.66. The van der Waals surface area contributed by atoms with Gasteiger partial charge in [-0.25, -0.2) is 13.1 Å². The highest BCUT2D eigenvalue weighted by molar-refractivity contribution is 7.90. The van der Waals surface area contributed by atoms with Gasteiger partial charge in [0.2, 0.25) is 0 Å². The predicted molar refractivity (Wildman–Crippen MR) is 89.8 cm³/mol. The first-order valence-electron chi connectivity index (χ1n) is 7.77. The van der Waals surface area contributed by atoms with Crippen LogP contribution in [0.25, 0.3) is 5.69 Å². The van der Waals surface area contributed by atoms with E-state index < -0.39 is 9.84 Å². The highest BCUT2D eigenvalue weighted by Crippen LogP contribution is 2.22. The van der Waals surface area contributed by atoms with E-state index in [1.165, 1.54) is 16.9 Å². The van der Waals surface area contributed by atoms with Gasteiger partial charge < -0.3 is 10.6 Å². The summed E-state index contributed by atoms with van der Waals surface area (Å²) in [7, 11) is -3.39. The highest BCUT2D eigenvalue weighted by Gasteiger charge is 2.29. The number of amides is 1. The molecule has 0 unspecified atom stereocenters. The van der Waals surface area contributed by atoms with E-state index in [1.807, 2.05) is 0 Å². The van der Waals surface area contributed by atoms with Gasteiger partial charge in [0.05, 0.1) is 22.3 Å². The summed E-state index contributed by atoms with van der Waals surface area (Å²) in [6, 6.07) is 6.64.